The summed E-state index contributed by atoms with van der Waals surface area (Å²) in [5.41, 5.74) is 3.82. The van der Waals surface area contributed by atoms with Gasteiger partial charge >= 0.3 is 0 Å². The van der Waals surface area contributed by atoms with Crippen LogP contribution in [0.4, 0.5) is 5.69 Å². The molecule has 1 unspecified atom stereocenters. The van der Waals surface area contributed by atoms with E-state index in [2.05, 4.69) is 38.5 Å². The van der Waals surface area contributed by atoms with Gasteiger partial charge in [0.25, 0.3) is 0 Å². The zero-order chi connectivity index (χ0) is 20.9. The smallest absolute Gasteiger partial charge is 0.228 e. The van der Waals surface area contributed by atoms with Crippen molar-refractivity contribution >= 4 is 86.3 Å². The number of alkyl halides is 3. The first kappa shape index (κ1) is 23.5. The van der Waals surface area contributed by atoms with Crippen molar-refractivity contribution in [2.75, 3.05) is 5.32 Å². The van der Waals surface area contributed by atoms with Crippen LogP contribution in [0.15, 0.2) is 42.5 Å². The Hall–Kier alpha value is -0.800. The second kappa shape index (κ2) is 10.3. The molecule has 0 saturated heterocycles. The van der Waals surface area contributed by atoms with Crippen molar-refractivity contribution in [3.8, 4) is 0 Å². The van der Waals surface area contributed by atoms with E-state index in [9.17, 15) is 4.79 Å². The Bertz CT molecular complexity index is 856. The van der Waals surface area contributed by atoms with Crippen LogP contribution >= 0.6 is 69.6 Å². The average molecular weight is 571 g/mol. The van der Waals surface area contributed by atoms with Crippen molar-refractivity contribution in [3.63, 3.8) is 0 Å². The Morgan fingerprint density at radius 1 is 1.11 bits per heavy atom. The summed E-state index contributed by atoms with van der Waals surface area (Å²) in [5.74, 6) is -0.291. The fourth-order valence-electron chi connectivity index (χ4n) is 2.36. The van der Waals surface area contributed by atoms with Gasteiger partial charge in [0, 0.05) is 9.26 Å². The summed E-state index contributed by atoms with van der Waals surface area (Å²) in [6, 6.07) is 13.5. The van der Waals surface area contributed by atoms with Crippen LogP contribution in [0.5, 0.6) is 0 Å². The van der Waals surface area contributed by atoms with E-state index in [1.54, 1.807) is 0 Å². The van der Waals surface area contributed by atoms with Gasteiger partial charge in [-0.3, -0.25) is 4.79 Å². The van der Waals surface area contributed by atoms with Crippen LogP contribution in [0, 0.1) is 17.4 Å². The van der Waals surface area contributed by atoms with E-state index in [0.29, 0.717) is 0 Å². The van der Waals surface area contributed by atoms with E-state index in [-0.39, 0.29) is 17.4 Å². The summed E-state index contributed by atoms with van der Waals surface area (Å²) in [7, 11) is 0. The van der Waals surface area contributed by atoms with Gasteiger partial charge in [-0.15, -0.1) is 0 Å². The molecule has 4 nitrogen and oxygen atoms in total. The lowest BCUT2D eigenvalue weighted by Crippen LogP contribution is -2.56. The monoisotopic (exact) mass is 569 g/mol. The molecule has 0 aliphatic heterocycles. The van der Waals surface area contributed by atoms with Crippen LogP contribution in [0.25, 0.3) is 0 Å². The van der Waals surface area contributed by atoms with Crippen LogP contribution in [-0.4, -0.2) is 21.0 Å². The maximum Gasteiger partial charge on any atom is 0.228 e. The van der Waals surface area contributed by atoms with Crippen LogP contribution < -0.4 is 16.0 Å². The van der Waals surface area contributed by atoms with Gasteiger partial charge in [-0.05, 0) is 78.0 Å². The molecule has 2 aromatic rings. The Morgan fingerprint density at radius 2 is 1.75 bits per heavy atom. The molecule has 3 N–H and O–H groups in total. The highest BCUT2D eigenvalue weighted by atomic mass is 127. The maximum atomic E-state index is 12.4. The number of carbonyl (C=O) groups is 1. The van der Waals surface area contributed by atoms with Crippen molar-refractivity contribution in [1.82, 2.24) is 10.6 Å². The Kier molecular flexibility index (Phi) is 8.63. The van der Waals surface area contributed by atoms with Crippen LogP contribution in [-0.2, 0) is 11.2 Å². The highest BCUT2D eigenvalue weighted by Crippen LogP contribution is 2.29. The van der Waals surface area contributed by atoms with Gasteiger partial charge in [-0.2, -0.15) is 0 Å². The number of carbonyl (C=O) groups excluding carboxylic acids is 1. The van der Waals surface area contributed by atoms with Gasteiger partial charge in [-0.25, -0.2) is 0 Å². The lowest BCUT2D eigenvalue weighted by atomic mass is 10.1. The molecule has 0 aliphatic carbocycles. The lowest BCUT2D eigenvalue weighted by Gasteiger charge is -2.28. The van der Waals surface area contributed by atoms with E-state index >= 15 is 0 Å². The third-order valence-corrected chi connectivity index (χ3v) is 5.38. The third kappa shape index (κ3) is 7.55. The molecule has 0 spiro atoms. The first-order valence-corrected chi connectivity index (χ1v) is 10.9. The summed E-state index contributed by atoms with van der Waals surface area (Å²) in [5, 5.41) is 8.84. The Balaban J connectivity index is 2.01. The topological polar surface area (TPSA) is 53.2 Å². The molecule has 1 amide bonds. The zero-order valence-electron chi connectivity index (χ0n) is 15.2. The van der Waals surface area contributed by atoms with E-state index in [4.69, 9.17) is 47.0 Å². The minimum Gasteiger partial charge on any atom is -0.339 e. The van der Waals surface area contributed by atoms with Gasteiger partial charge in [0.05, 0.1) is 6.42 Å². The first-order chi connectivity index (χ1) is 13.0. The van der Waals surface area contributed by atoms with Crippen molar-refractivity contribution in [2.45, 2.75) is 30.2 Å². The first-order valence-electron chi connectivity index (χ1n) is 8.30. The van der Waals surface area contributed by atoms with Crippen LogP contribution in [0.3, 0.4) is 0 Å². The fourth-order valence-corrected chi connectivity index (χ4v) is 3.56. The highest BCUT2D eigenvalue weighted by Gasteiger charge is 2.34. The summed E-state index contributed by atoms with van der Waals surface area (Å²) in [4.78, 5) is 12.4. The summed E-state index contributed by atoms with van der Waals surface area (Å²) in [6.07, 6.45) is -0.838. The van der Waals surface area contributed by atoms with Crippen LogP contribution in [0.2, 0.25) is 0 Å². The molecule has 2 rings (SSSR count). The predicted molar refractivity (Wildman–Crippen MR) is 130 cm³/mol. The molecule has 0 aromatic heterocycles. The predicted octanol–water partition coefficient (Wildman–Crippen LogP) is 5.25. The second-order valence-corrected chi connectivity index (χ2v) is 10.3. The van der Waals surface area contributed by atoms with Gasteiger partial charge < -0.3 is 16.0 Å². The number of nitrogens with one attached hydrogen (secondary N) is 3. The minimum atomic E-state index is -1.80. The molecule has 0 fully saturated rings. The lowest BCUT2D eigenvalue weighted by molar-refractivity contribution is -0.121. The number of benzene rings is 2. The van der Waals surface area contributed by atoms with Crippen molar-refractivity contribution < 1.29 is 4.79 Å². The average Bonchev–Trinajstić information content (AvgIpc) is 2.58. The molecule has 0 bridgehead atoms. The number of halogens is 4. The molecule has 0 saturated carbocycles. The standard InChI is InChI=1S/C19H19Cl3IN3OS/c1-11-3-5-13(6-4-11)10-16(27)25-17(19(20,21)22)26-18(28)24-15-8-7-14(23)9-12(15)2/h3-9,17H,10H2,1-2H3,(H,25,27)(H2,24,26,28). The van der Waals surface area contributed by atoms with Gasteiger partial charge in [0.2, 0.25) is 9.70 Å². The fraction of sp³-hybridized carbons (Fsp3) is 0.263. The minimum absolute atomic E-state index is 0.162. The number of hydrogen-bond donors (Lipinski definition) is 3. The van der Waals surface area contributed by atoms with Gasteiger partial charge in [0.1, 0.15) is 6.17 Å². The van der Waals surface area contributed by atoms with E-state index in [0.717, 1.165) is 25.9 Å². The number of amides is 1. The summed E-state index contributed by atoms with van der Waals surface area (Å²) in [6.45, 7) is 3.94. The highest BCUT2D eigenvalue weighted by molar-refractivity contribution is 14.1. The molecule has 150 valence electrons. The number of thiocarbonyl (C=S) groups is 1. The van der Waals surface area contributed by atoms with Crippen molar-refractivity contribution in [2.24, 2.45) is 0 Å². The molecule has 9 heteroatoms. The van der Waals surface area contributed by atoms with Gasteiger partial charge in [0.15, 0.2) is 5.11 Å². The molecule has 0 aliphatic rings. The quantitative estimate of drug-likeness (QED) is 0.199. The molecular formula is C19H19Cl3IN3OS. The molecule has 0 radical (unpaired) electrons. The Morgan fingerprint density at radius 3 is 2.32 bits per heavy atom. The molecule has 1 atom stereocenters. The largest absolute Gasteiger partial charge is 0.339 e. The number of hydrogen-bond acceptors (Lipinski definition) is 2. The second-order valence-electron chi connectivity index (χ2n) is 6.26. The Labute approximate surface area is 198 Å². The SMILES string of the molecule is Cc1ccc(CC(=O)NC(NC(=S)Nc2ccc(I)cc2C)C(Cl)(Cl)Cl)cc1. The summed E-state index contributed by atoms with van der Waals surface area (Å²) < 4.78 is -0.683. The third-order valence-electron chi connectivity index (χ3n) is 3.83. The molecular weight excluding hydrogens is 552 g/mol. The van der Waals surface area contributed by atoms with Crippen LogP contribution in [0.1, 0.15) is 16.7 Å². The summed E-state index contributed by atoms with van der Waals surface area (Å²) >= 11 is 25.6. The van der Waals surface area contributed by atoms with E-state index in [1.807, 2.05) is 56.3 Å². The van der Waals surface area contributed by atoms with Crippen molar-refractivity contribution in [3.05, 3.63) is 62.7 Å². The van der Waals surface area contributed by atoms with Crippen molar-refractivity contribution in [1.29, 1.82) is 0 Å². The van der Waals surface area contributed by atoms with E-state index < -0.39 is 9.96 Å². The molecule has 2 aromatic carbocycles. The molecule has 0 heterocycles. The molecule has 28 heavy (non-hydrogen) atoms. The normalized spacial score (nSPS) is 12.2. The van der Waals surface area contributed by atoms with Gasteiger partial charge in [-0.1, -0.05) is 64.6 Å². The number of rotatable bonds is 5. The number of aryl methyl sites for hydroxylation is 2. The number of anilines is 1. The maximum absolute atomic E-state index is 12.4. The zero-order valence-corrected chi connectivity index (χ0v) is 20.4. The van der Waals surface area contributed by atoms with E-state index in [1.165, 1.54) is 0 Å².